The Balaban J connectivity index is 1.75. The van der Waals surface area contributed by atoms with Crippen LogP contribution in [0.15, 0.2) is 21.0 Å². The largest absolute Gasteiger partial charge is 0.454 e. The van der Waals surface area contributed by atoms with Crippen molar-refractivity contribution in [3.8, 4) is 0 Å². The van der Waals surface area contributed by atoms with E-state index in [2.05, 4.69) is 21.0 Å². The first-order valence-electron chi connectivity index (χ1n) is 7.14. The summed E-state index contributed by atoms with van der Waals surface area (Å²) in [6, 6.07) is 3.62. The highest BCUT2D eigenvalue weighted by Gasteiger charge is 2.22. The second-order valence-corrected chi connectivity index (χ2v) is 6.20. The topological polar surface area (TPSA) is 51.3 Å². The lowest BCUT2D eigenvalue weighted by molar-refractivity contribution is 0.0759. The maximum Gasteiger partial charge on any atom is 0.289 e. The lowest BCUT2D eigenvalue weighted by Crippen LogP contribution is -2.27. The first-order chi connectivity index (χ1) is 10.1. The third kappa shape index (κ3) is 2.77. The Kier molecular flexibility index (Phi) is 3.89. The van der Waals surface area contributed by atoms with Gasteiger partial charge in [0.05, 0.1) is 22.4 Å². The molecule has 0 aliphatic carbocycles. The fourth-order valence-electron chi connectivity index (χ4n) is 2.63. The Morgan fingerprint density at radius 2 is 2.05 bits per heavy atom. The standard InChI is InChI=1S/C15H18BrN3O2/c1-10-14(16)11(2)19(17-10)9-12-5-6-13(21-12)15(20)18-7-3-4-8-18/h5-6H,3-4,7-9H2,1-2H3. The van der Waals surface area contributed by atoms with Crippen molar-refractivity contribution >= 4 is 21.8 Å². The van der Waals surface area contributed by atoms with Crippen molar-refractivity contribution in [3.63, 3.8) is 0 Å². The Morgan fingerprint density at radius 1 is 1.33 bits per heavy atom. The van der Waals surface area contributed by atoms with Crippen molar-refractivity contribution in [2.75, 3.05) is 13.1 Å². The van der Waals surface area contributed by atoms with Gasteiger partial charge in [-0.05, 0) is 54.8 Å². The number of aromatic nitrogens is 2. The summed E-state index contributed by atoms with van der Waals surface area (Å²) < 4.78 is 8.59. The molecule has 0 radical (unpaired) electrons. The van der Waals surface area contributed by atoms with E-state index in [1.165, 1.54) is 0 Å². The molecule has 21 heavy (non-hydrogen) atoms. The van der Waals surface area contributed by atoms with E-state index in [0.29, 0.717) is 12.3 Å². The van der Waals surface area contributed by atoms with Crippen LogP contribution in [0.4, 0.5) is 0 Å². The van der Waals surface area contributed by atoms with Gasteiger partial charge in [0, 0.05) is 13.1 Å². The SMILES string of the molecule is Cc1nn(Cc2ccc(C(=O)N3CCCC3)o2)c(C)c1Br. The zero-order valence-corrected chi connectivity index (χ0v) is 13.8. The van der Waals surface area contributed by atoms with Gasteiger partial charge in [0.15, 0.2) is 5.76 Å². The van der Waals surface area contributed by atoms with Crippen LogP contribution < -0.4 is 0 Å². The van der Waals surface area contributed by atoms with Crippen molar-refractivity contribution < 1.29 is 9.21 Å². The van der Waals surface area contributed by atoms with E-state index in [9.17, 15) is 4.79 Å². The molecule has 0 saturated carbocycles. The molecule has 0 atom stereocenters. The minimum Gasteiger partial charge on any atom is -0.454 e. The van der Waals surface area contributed by atoms with Crippen LogP contribution in [0.2, 0.25) is 0 Å². The number of carbonyl (C=O) groups is 1. The van der Waals surface area contributed by atoms with Crippen molar-refractivity contribution in [1.82, 2.24) is 14.7 Å². The van der Waals surface area contributed by atoms with Gasteiger partial charge in [-0.3, -0.25) is 9.48 Å². The quantitative estimate of drug-likeness (QED) is 0.853. The predicted octanol–water partition coefficient (Wildman–Crippen LogP) is 3.14. The van der Waals surface area contributed by atoms with Crippen molar-refractivity contribution in [1.29, 1.82) is 0 Å². The van der Waals surface area contributed by atoms with Crippen LogP contribution in [0.3, 0.4) is 0 Å². The minimum atomic E-state index is -0.00621. The first kappa shape index (κ1) is 14.4. The van der Waals surface area contributed by atoms with E-state index >= 15 is 0 Å². The maximum absolute atomic E-state index is 12.2. The number of hydrogen-bond acceptors (Lipinski definition) is 3. The molecule has 1 amide bonds. The van der Waals surface area contributed by atoms with Gasteiger partial charge in [-0.1, -0.05) is 0 Å². The van der Waals surface area contributed by atoms with Gasteiger partial charge in [0.1, 0.15) is 5.76 Å². The Hall–Kier alpha value is -1.56. The molecule has 0 unspecified atom stereocenters. The normalized spacial score (nSPS) is 14.9. The average molecular weight is 352 g/mol. The van der Waals surface area contributed by atoms with Crippen LogP contribution in [0.25, 0.3) is 0 Å². The molecule has 1 aliphatic heterocycles. The highest BCUT2D eigenvalue weighted by Crippen LogP contribution is 2.21. The second kappa shape index (κ2) is 5.67. The van der Waals surface area contributed by atoms with Crippen LogP contribution in [-0.4, -0.2) is 33.7 Å². The van der Waals surface area contributed by atoms with Gasteiger partial charge < -0.3 is 9.32 Å². The number of carbonyl (C=O) groups excluding carboxylic acids is 1. The molecule has 1 aliphatic rings. The molecule has 6 heteroatoms. The molecule has 2 aromatic heterocycles. The predicted molar refractivity (Wildman–Crippen MR) is 82.3 cm³/mol. The summed E-state index contributed by atoms with van der Waals surface area (Å²) in [4.78, 5) is 14.1. The molecule has 3 heterocycles. The van der Waals surface area contributed by atoms with Gasteiger partial charge >= 0.3 is 0 Å². The lowest BCUT2D eigenvalue weighted by atomic mass is 10.3. The highest BCUT2D eigenvalue weighted by atomic mass is 79.9. The molecule has 1 fully saturated rings. The molecule has 3 rings (SSSR count). The number of furan rings is 1. The van der Waals surface area contributed by atoms with Crippen molar-refractivity contribution in [2.24, 2.45) is 0 Å². The molecule has 112 valence electrons. The summed E-state index contributed by atoms with van der Waals surface area (Å²) >= 11 is 3.51. The second-order valence-electron chi connectivity index (χ2n) is 5.41. The third-order valence-corrected chi connectivity index (χ3v) is 5.01. The number of likely N-dealkylation sites (tertiary alicyclic amines) is 1. The van der Waals surface area contributed by atoms with Crippen molar-refractivity contribution in [2.45, 2.75) is 33.2 Å². The molecular formula is C15H18BrN3O2. The average Bonchev–Trinajstić information content (AvgIpc) is 3.18. The van der Waals surface area contributed by atoms with E-state index in [1.54, 1.807) is 6.07 Å². The van der Waals surface area contributed by atoms with Gasteiger partial charge in [-0.2, -0.15) is 5.10 Å². The number of aryl methyl sites for hydroxylation is 1. The van der Waals surface area contributed by atoms with Crippen LogP contribution in [0.1, 0.15) is 40.5 Å². The van der Waals surface area contributed by atoms with E-state index in [4.69, 9.17) is 4.42 Å². The summed E-state index contributed by atoms with van der Waals surface area (Å²) in [5.41, 5.74) is 2.00. The van der Waals surface area contributed by atoms with Gasteiger partial charge in [-0.25, -0.2) is 0 Å². The maximum atomic E-state index is 12.2. The molecule has 1 saturated heterocycles. The molecule has 0 bridgehead atoms. The molecule has 2 aromatic rings. The first-order valence-corrected chi connectivity index (χ1v) is 7.93. The number of nitrogens with zero attached hydrogens (tertiary/aromatic N) is 3. The smallest absolute Gasteiger partial charge is 0.289 e. The monoisotopic (exact) mass is 351 g/mol. The summed E-state index contributed by atoms with van der Waals surface area (Å²) in [5, 5.41) is 4.45. The van der Waals surface area contributed by atoms with E-state index in [1.807, 2.05) is 29.5 Å². The van der Waals surface area contributed by atoms with Gasteiger partial charge in [-0.15, -0.1) is 0 Å². The van der Waals surface area contributed by atoms with Crippen LogP contribution in [0, 0.1) is 13.8 Å². The Labute approximate surface area is 132 Å². The summed E-state index contributed by atoms with van der Waals surface area (Å²) in [6.45, 7) is 6.16. The fourth-order valence-corrected chi connectivity index (χ4v) is 2.91. The highest BCUT2D eigenvalue weighted by molar-refractivity contribution is 9.10. The fraction of sp³-hybridized carbons (Fsp3) is 0.467. The third-order valence-electron chi connectivity index (χ3n) is 3.86. The zero-order valence-electron chi connectivity index (χ0n) is 12.2. The van der Waals surface area contributed by atoms with Crippen LogP contribution in [0.5, 0.6) is 0 Å². The zero-order chi connectivity index (χ0) is 15.0. The lowest BCUT2D eigenvalue weighted by Gasteiger charge is -2.12. The Morgan fingerprint density at radius 3 is 2.67 bits per heavy atom. The van der Waals surface area contributed by atoms with E-state index in [-0.39, 0.29) is 5.91 Å². The molecule has 0 aromatic carbocycles. The summed E-state index contributed by atoms with van der Waals surface area (Å²) in [6.07, 6.45) is 2.16. The van der Waals surface area contributed by atoms with Crippen LogP contribution >= 0.6 is 15.9 Å². The van der Waals surface area contributed by atoms with Gasteiger partial charge in [0.25, 0.3) is 5.91 Å². The minimum absolute atomic E-state index is 0.00621. The number of halogens is 1. The Bertz CT molecular complexity index is 669. The molecule has 0 spiro atoms. The molecule has 0 N–H and O–H groups in total. The number of amides is 1. The van der Waals surface area contributed by atoms with E-state index < -0.39 is 0 Å². The molecule has 5 nitrogen and oxygen atoms in total. The van der Waals surface area contributed by atoms with Gasteiger partial charge in [0.2, 0.25) is 0 Å². The summed E-state index contributed by atoms with van der Waals surface area (Å²) in [5.74, 6) is 1.16. The van der Waals surface area contributed by atoms with Crippen LogP contribution in [-0.2, 0) is 6.54 Å². The van der Waals surface area contributed by atoms with E-state index in [0.717, 1.165) is 47.6 Å². The summed E-state index contributed by atoms with van der Waals surface area (Å²) in [7, 11) is 0. The van der Waals surface area contributed by atoms with Crippen molar-refractivity contribution in [3.05, 3.63) is 39.5 Å². The number of rotatable bonds is 3. The molecular weight excluding hydrogens is 334 g/mol. The number of hydrogen-bond donors (Lipinski definition) is 0.